The number of nitro groups is 1. The molecule has 28 heavy (non-hydrogen) atoms. The van der Waals surface area contributed by atoms with E-state index in [0.717, 1.165) is 29.1 Å². The molecule has 1 aromatic heterocycles. The Balaban J connectivity index is 1.97. The first-order valence-electron chi connectivity index (χ1n) is 8.29. The van der Waals surface area contributed by atoms with E-state index in [2.05, 4.69) is 4.98 Å². The third-order valence-electron chi connectivity index (χ3n) is 4.29. The Kier molecular flexibility index (Phi) is 4.86. The Bertz CT molecular complexity index is 1240. The quantitative estimate of drug-likeness (QED) is 0.531. The van der Waals surface area contributed by atoms with Crippen molar-refractivity contribution in [2.24, 2.45) is 0 Å². The Labute approximate surface area is 161 Å². The van der Waals surface area contributed by atoms with Gasteiger partial charge in [0, 0.05) is 17.5 Å². The fourth-order valence-electron chi connectivity index (χ4n) is 2.90. The maximum Gasteiger partial charge on any atom is 0.269 e. The number of carbonyl (C=O) groups is 1. The molecule has 0 aliphatic carbocycles. The molecule has 1 amide bonds. The number of aryl methyl sites for hydroxylation is 3. The van der Waals surface area contributed by atoms with Crippen LogP contribution in [0.4, 0.5) is 5.69 Å². The first-order valence-corrected chi connectivity index (χ1v) is 9.77. The van der Waals surface area contributed by atoms with Crippen LogP contribution in [0.5, 0.6) is 0 Å². The molecule has 0 fully saturated rings. The molecular formula is C19H17N3O5S. The smallest absolute Gasteiger partial charge is 0.268 e. The van der Waals surface area contributed by atoms with Crippen LogP contribution in [0.15, 0.2) is 47.4 Å². The van der Waals surface area contributed by atoms with Gasteiger partial charge < -0.3 is 0 Å². The first kappa shape index (κ1) is 19.4. The zero-order valence-corrected chi connectivity index (χ0v) is 16.2. The molecule has 3 aromatic rings. The summed E-state index contributed by atoms with van der Waals surface area (Å²) in [5, 5.41) is 11.5. The van der Waals surface area contributed by atoms with Gasteiger partial charge in [0.05, 0.1) is 26.6 Å². The molecule has 1 N–H and O–H groups in total. The molecule has 2 aromatic carbocycles. The average molecular weight is 399 g/mol. The van der Waals surface area contributed by atoms with Gasteiger partial charge in [0.15, 0.2) is 0 Å². The molecule has 0 atom stereocenters. The van der Waals surface area contributed by atoms with E-state index < -0.39 is 20.9 Å². The van der Waals surface area contributed by atoms with E-state index in [9.17, 15) is 23.3 Å². The first-order chi connectivity index (χ1) is 13.1. The van der Waals surface area contributed by atoms with Crippen LogP contribution in [0.25, 0.3) is 10.9 Å². The minimum atomic E-state index is -4.21. The van der Waals surface area contributed by atoms with Crippen molar-refractivity contribution < 1.29 is 18.1 Å². The third-order valence-corrected chi connectivity index (χ3v) is 5.78. The van der Waals surface area contributed by atoms with Crippen LogP contribution in [0.2, 0.25) is 0 Å². The van der Waals surface area contributed by atoms with Crippen LogP contribution in [0, 0.1) is 30.9 Å². The van der Waals surface area contributed by atoms with E-state index >= 15 is 0 Å². The number of amides is 1. The Morgan fingerprint density at radius 3 is 2.43 bits per heavy atom. The summed E-state index contributed by atoms with van der Waals surface area (Å²) in [4.78, 5) is 27.0. The summed E-state index contributed by atoms with van der Waals surface area (Å²) in [5.41, 5.74) is 2.16. The molecule has 0 bridgehead atoms. The normalized spacial score (nSPS) is 11.4. The summed E-state index contributed by atoms with van der Waals surface area (Å²) < 4.78 is 27.3. The van der Waals surface area contributed by atoms with E-state index in [1.165, 1.54) is 6.92 Å². The second-order valence-electron chi connectivity index (χ2n) is 6.46. The van der Waals surface area contributed by atoms with Gasteiger partial charge in [-0.25, -0.2) is 13.1 Å². The van der Waals surface area contributed by atoms with Crippen LogP contribution in [-0.4, -0.2) is 24.2 Å². The van der Waals surface area contributed by atoms with Crippen LogP contribution in [0.3, 0.4) is 0 Å². The summed E-state index contributed by atoms with van der Waals surface area (Å²) in [6, 6.07) is 10.5. The molecule has 0 spiro atoms. The number of fused-ring (bicyclic) bond motifs is 1. The van der Waals surface area contributed by atoms with Crippen LogP contribution >= 0.6 is 0 Å². The van der Waals surface area contributed by atoms with Crippen molar-refractivity contribution in [1.29, 1.82) is 0 Å². The molecule has 0 aliphatic heterocycles. The highest BCUT2D eigenvalue weighted by molar-refractivity contribution is 7.90. The number of aromatic nitrogens is 1. The van der Waals surface area contributed by atoms with Gasteiger partial charge in [0.1, 0.15) is 0 Å². The Morgan fingerprint density at radius 1 is 1.07 bits per heavy atom. The third kappa shape index (κ3) is 3.70. The summed E-state index contributed by atoms with van der Waals surface area (Å²) in [6.07, 6.45) is 0. The zero-order chi connectivity index (χ0) is 20.6. The SMILES string of the molecule is Cc1ccc2nc(C)c(C(=O)NS(=O)(=O)c3ccc([N+](=O)[O-])cc3C)cc2c1. The molecule has 0 radical (unpaired) electrons. The lowest BCUT2D eigenvalue weighted by Crippen LogP contribution is -2.31. The fraction of sp³-hybridized carbons (Fsp3) is 0.158. The molecule has 0 unspecified atom stereocenters. The molecule has 144 valence electrons. The number of carbonyl (C=O) groups excluding carboxylic acids is 1. The second kappa shape index (κ2) is 7.01. The number of pyridine rings is 1. The molecule has 9 heteroatoms. The van der Waals surface area contributed by atoms with Crippen molar-refractivity contribution in [3.8, 4) is 0 Å². The lowest BCUT2D eigenvalue weighted by molar-refractivity contribution is -0.385. The highest BCUT2D eigenvalue weighted by atomic mass is 32.2. The number of nitro benzene ring substituents is 1. The van der Waals surface area contributed by atoms with Crippen LogP contribution in [-0.2, 0) is 10.0 Å². The van der Waals surface area contributed by atoms with Gasteiger partial charge in [0.2, 0.25) is 0 Å². The maximum absolute atomic E-state index is 12.6. The molecule has 0 saturated carbocycles. The van der Waals surface area contributed by atoms with Gasteiger partial charge in [-0.2, -0.15) is 0 Å². The fourth-order valence-corrected chi connectivity index (χ4v) is 4.10. The topological polar surface area (TPSA) is 119 Å². The monoisotopic (exact) mass is 399 g/mol. The Morgan fingerprint density at radius 2 is 1.79 bits per heavy atom. The van der Waals surface area contributed by atoms with Gasteiger partial charge in [-0.3, -0.25) is 19.9 Å². The van der Waals surface area contributed by atoms with E-state index in [1.54, 1.807) is 13.0 Å². The molecule has 0 aliphatic rings. The van der Waals surface area contributed by atoms with E-state index in [1.807, 2.05) is 29.8 Å². The predicted octanol–water partition coefficient (Wildman–Crippen LogP) is 3.19. The van der Waals surface area contributed by atoms with E-state index in [4.69, 9.17) is 0 Å². The molecule has 8 nitrogen and oxygen atoms in total. The molecule has 3 rings (SSSR count). The standard InChI is InChI=1S/C19H17N3O5S/c1-11-4-6-17-14(8-11)10-16(13(3)20-17)19(23)21-28(26,27)18-7-5-15(22(24)25)9-12(18)2/h4-10H,1-3H3,(H,21,23). The highest BCUT2D eigenvalue weighted by Gasteiger charge is 2.23. The van der Waals surface area contributed by atoms with Gasteiger partial charge in [-0.05, 0) is 50.6 Å². The van der Waals surface area contributed by atoms with Gasteiger partial charge in [-0.1, -0.05) is 11.6 Å². The number of sulfonamides is 1. The van der Waals surface area contributed by atoms with Gasteiger partial charge >= 0.3 is 0 Å². The number of hydrogen-bond acceptors (Lipinski definition) is 6. The number of nitrogens with one attached hydrogen (secondary N) is 1. The van der Waals surface area contributed by atoms with Crippen molar-refractivity contribution in [2.75, 3.05) is 0 Å². The minimum absolute atomic E-state index is 0.140. The zero-order valence-electron chi connectivity index (χ0n) is 15.4. The van der Waals surface area contributed by atoms with E-state index in [-0.39, 0.29) is 21.7 Å². The van der Waals surface area contributed by atoms with Crippen molar-refractivity contribution in [3.05, 3.63) is 75.0 Å². The molecule has 0 saturated heterocycles. The van der Waals surface area contributed by atoms with Crippen molar-refractivity contribution in [3.63, 3.8) is 0 Å². The lowest BCUT2D eigenvalue weighted by Gasteiger charge is -2.11. The minimum Gasteiger partial charge on any atom is -0.268 e. The van der Waals surface area contributed by atoms with Crippen molar-refractivity contribution in [2.45, 2.75) is 25.7 Å². The molecule has 1 heterocycles. The largest absolute Gasteiger partial charge is 0.269 e. The predicted molar refractivity (Wildman–Crippen MR) is 104 cm³/mol. The van der Waals surface area contributed by atoms with Crippen LogP contribution < -0.4 is 4.72 Å². The van der Waals surface area contributed by atoms with Gasteiger partial charge in [0.25, 0.3) is 21.6 Å². The second-order valence-corrected chi connectivity index (χ2v) is 8.11. The summed E-state index contributed by atoms with van der Waals surface area (Å²) in [5.74, 6) is -0.814. The molecular weight excluding hydrogens is 382 g/mol. The Hall–Kier alpha value is -3.33. The highest BCUT2D eigenvalue weighted by Crippen LogP contribution is 2.22. The summed E-state index contributed by atoms with van der Waals surface area (Å²) >= 11 is 0. The average Bonchev–Trinajstić information content (AvgIpc) is 2.60. The van der Waals surface area contributed by atoms with Crippen molar-refractivity contribution in [1.82, 2.24) is 9.71 Å². The van der Waals surface area contributed by atoms with E-state index in [0.29, 0.717) is 11.2 Å². The van der Waals surface area contributed by atoms with Crippen molar-refractivity contribution >= 4 is 32.5 Å². The van der Waals surface area contributed by atoms with Crippen LogP contribution in [0.1, 0.15) is 27.2 Å². The number of nitrogens with zero attached hydrogens (tertiary/aromatic N) is 2. The van der Waals surface area contributed by atoms with Gasteiger partial charge in [-0.15, -0.1) is 0 Å². The summed E-state index contributed by atoms with van der Waals surface area (Å²) in [7, 11) is -4.21. The number of non-ortho nitro benzene ring substituents is 1. The lowest BCUT2D eigenvalue weighted by atomic mass is 10.1. The summed E-state index contributed by atoms with van der Waals surface area (Å²) in [6.45, 7) is 4.95. The number of hydrogen-bond donors (Lipinski definition) is 1. The number of benzene rings is 2. The maximum atomic E-state index is 12.6. The number of rotatable bonds is 4.